The fourth-order valence-electron chi connectivity index (χ4n) is 3.00. The van der Waals surface area contributed by atoms with Gasteiger partial charge in [-0.05, 0) is 38.3 Å². The van der Waals surface area contributed by atoms with Gasteiger partial charge in [-0.1, -0.05) is 6.42 Å². The van der Waals surface area contributed by atoms with E-state index >= 15 is 0 Å². The van der Waals surface area contributed by atoms with Crippen LogP contribution >= 0.6 is 0 Å². The molecule has 1 aromatic heterocycles. The number of imide groups is 2. The van der Waals surface area contributed by atoms with Crippen molar-refractivity contribution in [3.05, 3.63) is 24.2 Å². The molecular weight excluding hydrogens is 272 g/mol. The quantitative estimate of drug-likeness (QED) is 0.858. The standard InChI is InChI=1S/C15H18N2O4/c1-10(5-6-11-4-2-9-21-11)17-13(19)15(7-3-8-15)12(18)16-14(17)20/h2,4,9-10H,3,5-8H2,1H3,(H,16,18,20). The van der Waals surface area contributed by atoms with Crippen LogP contribution in [-0.4, -0.2) is 28.8 Å². The van der Waals surface area contributed by atoms with Gasteiger partial charge in [-0.25, -0.2) is 4.79 Å². The molecule has 6 nitrogen and oxygen atoms in total. The first-order chi connectivity index (χ1) is 10.0. The van der Waals surface area contributed by atoms with Gasteiger partial charge >= 0.3 is 6.03 Å². The van der Waals surface area contributed by atoms with E-state index in [1.165, 1.54) is 4.90 Å². The Morgan fingerprint density at radius 2 is 2.14 bits per heavy atom. The van der Waals surface area contributed by atoms with E-state index < -0.39 is 17.4 Å². The summed E-state index contributed by atoms with van der Waals surface area (Å²) < 4.78 is 5.26. The number of hydrogen-bond donors (Lipinski definition) is 1. The maximum Gasteiger partial charge on any atom is 0.331 e. The Labute approximate surface area is 122 Å². The largest absolute Gasteiger partial charge is 0.469 e. The van der Waals surface area contributed by atoms with E-state index in [-0.39, 0.29) is 11.9 Å². The number of urea groups is 1. The molecule has 1 N–H and O–H groups in total. The molecule has 2 heterocycles. The monoisotopic (exact) mass is 290 g/mol. The second-order valence-electron chi connectivity index (χ2n) is 5.84. The smallest absolute Gasteiger partial charge is 0.331 e. The second-order valence-corrected chi connectivity index (χ2v) is 5.84. The summed E-state index contributed by atoms with van der Waals surface area (Å²) in [5.41, 5.74) is -0.993. The number of rotatable bonds is 4. The summed E-state index contributed by atoms with van der Waals surface area (Å²) in [5.74, 6) is 0.0498. The van der Waals surface area contributed by atoms with Crippen LogP contribution in [0, 0.1) is 5.41 Å². The zero-order chi connectivity index (χ0) is 15.0. The van der Waals surface area contributed by atoms with Crippen LogP contribution in [0.15, 0.2) is 22.8 Å². The van der Waals surface area contributed by atoms with Gasteiger partial charge in [0.05, 0.1) is 6.26 Å². The average molecular weight is 290 g/mol. The number of nitrogens with one attached hydrogen (secondary N) is 1. The highest BCUT2D eigenvalue weighted by atomic mass is 16.3. The number of barbiturate groups is 1. The van der Waals surface area contributed by atoms with Gasteiger partial charge in [0, 0.05) is 12.5 Å². The van der Waals surface area contributed by atoms with Crippen molar-refractivity contribution in [3.8, 4) is 0 Å². The summed E-state index contributed by atoms with van der Waals surface area (Å²) in [6.45, 7) is 1.82. The average Bonchev–Trinajstić information content (AvgIpc) is 2.87. The fraction of sp³-hybridized carbons (Fsp3) is 0.533. The van der Waals surface area contributed by atoms with Crippen molar-refractivity contribution in [2.45, 2.75) is 45.1 Å². The topological polar surface area (TPSA) is 79.6 Å². The highest BCUT2D eigenvalue weighted by molar-refractivity contribution is 6.19. The Kier molecular flexibility index (Phi) is 3.31. The van der Waals surface area contributed by atoms with Crippen LogP contribution < -0.4 is 5.32 Å². The third-order valence-electron chi connectivity index (χ3n) is 4.54. The molecule has 0 radical (unpaired) electrons. The molecule has 1 unspecified atom stereocenters. The summed E-state index contributed by atoms with van der Waals surface area (Å²) in [6.07, 6.45) is 4.77. The molecule has 1 aromatic rings. The number of amides is 4. The third kappa shape index (κ3) is 2.14. The molecular formula is C15H18N2O4. The molecule has 4 amide bonds. The SMILES string of the molecule is CC(CCc1ccco1)N1C(=O)NC(=O)C2(CCC2)C1=O. The minimum Gasteiger partial charge on any atom is -0.469 e. The lowest BCUT2D eigenvalue weighted by atomic mass is 9.66. The van der Waals surface area contributed by atoms with E-state index in [1.54, 1.807) is 12.3 Å². The van der Waals surface area contributed by atoms with Crippen LogP contribution in [0.1, 0.15) is 38.4 Å². The zero-order valence-corrected chi connectivity index (χ0v) is 11.9. The van der Waals surface area contributed by atoms with Crippen LogP contribution in [0.4, 0.5) is 4.79 Å². The van der Waals surface area contributed by atoms with Crippen LogP contribution in [0.25, 0.3) is 0 Å². The van der Waals surface area contributed by atoms with Crippen molar-refractivity contribution in [3.63, 3.8) is 0 Å². The highest BCUT2D eigenvalue weighted by Crippen LogP contribution is 2.44. The third-order valence-corrected chi connectivity index (χ3v) is 4.54. The molecule has 1 atom stereocenters. The number of carbonyl (C=O) groups excluding carboxylic acids is 3. The van der Waals surface area contributed by atoms with Crippen molar-refractivity contribution in [1.29, 1.82) is 0 Å². The lowest BCUT2D eigenvalue weighted by Crippen LogP contribution is -2.67. The van der Waals surface area contributed by atoms with E-state index in [0.29, 0.717) is 25.7 Å². The van der Waals surface area contributed by atoms with Crippen LogP contribution in [-0.2, 0) is 16.0 Å². The summed E-state index contributed by atoms with van der Waals surface area (Å²) in [5, 5.41) is 2.33. The minimum atomic E-state index is -0.993. The first-order valence-corrected chi connectivity index (χ1v) is 7.26. The Balaban J connectivity index is 1.72. The summed E-state index contributed by atoms with van der Waals surface area (Å²) in [7, 11) is 0. The molecule has 1 saturated carbocycles. The molecule has 112 valence electrons. The maximum atomic E-state index is 12.6. The van der Waals surface area contributed by atoms with Crippen molar-refractivity contribution in [2.75, 3.05) is 0 Å². The van der Waals surface area contributed by atoms with Gasteiger partial charge in [0.1, 0.15) is 11.2 Å². The normalized spacial score (nSPS) is 22.1. The predicted octanol–water partition coefficient (Wildman–Crippen LogP) is 1.85. The summed E-state index contributed by atoms with van der Waals surface area (Å²) in [4.78, 5) is 37.7. The molecule has 1 aliphatic carbocycles. The van der Waals surface area contributed by atoms with Crippen molar-refractivity contribution in [2.24, 2.45) is 5.41 Å². The molecule has 1 aliphatic heterocycles. The molecule has 2 aliphatic rings. The van der Waals surface area contributed by atoms with Gasteiger partial charge < -0.3 is 4.42 Å². The molecule has 0 bridgehead atoms. The zero-order valence-electron chi connectivity index (χ0n) is 11.9. The Hall–Kier alpha value is -2.11. The highest BCUT2D eigenvalue weighted by Gasteiger charge is 2.57. The van der Waals surface area contributed by atoms with Gasteiger partial charge in [0.15, 0.2) is 0 Å². The van der Waals surface area contributed by atoms with E-state index in [1.807, 2.05) is 13.0 Å². The Bertz CT molecular complexity index is 575. The molecule has 2 fully saturated rings. The molecule has 1 saturated heterocycles. The molecule has 1 spiro atoms. The number of hydrogen-bond acceptors (Lipinski definition) is 4. The van der Waals surface area contributed by atoms with Crippen LogP contribution in [0.3, 0.4) is 0 Å². The second kappa shape index (κ2) is 5.02. The Morgan fingerprint density at radius 1 is 1.38 bits per heavy atom. The molecule has 3 rings (SSSR count). The van der Waals surface area contributed by atoms with Crippen LogP contribution in [0.2, 0.25) is 0 Å². The number of aryl methyl sites for hydroxylation is 1. The van der Waals surface area contributed by atoms with Crippen LogP contribution in [0.5, 0.6) is 0 Å². The summed E-state index contributed by atoms with van der Waals surface area (Å²) >= 11 is 0. The summed E-state index contributed by atoms with van der Waals surface area (Å²) in [6, 6.07) is 2.80. The van der Waals surface area contributed by atoms with E-state index in [4.69, 9.17) is 4.42 Å². The Morgan fingerprint density at radius 3 is 2.71 bits per heavy atom. The lowest BCUT2D eigenvalue weighted by molar-refractivity contribution is -0.159. The predicted molar refractivity (Wildman–Crippen MR) is 73.2 cm³/mol. The molecule has 21 heavy (non-hydrogen) atoms. The van der Waals surface area contributed by atoms with E-state index in [0.717, 1.165) is 12.2 Å². The maximum absolute atomic E-state index is 12.6. The van der Waals surface area contributed by atoms with E-state index in [9.17, 15) is 14.4 Å². The number of furan rings is 1. The minimum absolute atomic E-state index is 0.270. The fourth-order valence-corrected chi connectivity index (χ4v) is 3.00. The van der Waals surface area contributed by atoms with Gasteiger partial charge in [0.2, 0.25) is 11.8 Å². The number of nitrogens with zero attached hydrogens (tertiary/aromatic N) is 1. The van der Waals surface area contributed by atoms with Crippen molar-refractivity contribution >= 4 is 17.8 Å². The first-order valence-electron chi connectivity index (χ1n) is 7.26. The lowest BCUT2D eigenvalue weighted by Gasteiger charge is -2.46. The first kappa shape index (κ1) is 13.9. The van der Waals surface area contributed by atoms with Gasteiger partial charge in [-0.3, -0.25) is 19.8 Å². The van der Waals surface area contributed by atoms with Crippen molar-refractivity contribution in [1.82, 2.24) is 10.2 Å². The van der Waals surface area contributed by atoms with Gasteiger partial charge in [-0.2, -0.15) is 0 Å². The van der Waals surface area contributed by atoms with Gasteiger partial charge in [-0.15, -0.1) is 0 Å². The van der Waals surface area contributed by atoms with Crippen molar-refractivity contribution < 1.29 is 18.8 Å². The molecule has 6 heteroatoms. The van der Waals surface area contributed by atoms with E-state index in [2.05, 4.69) is 5.32 Å². The molecule has 0 aromatic carbocycles. The number of carbonyl (C=O) groups is 3. The van der Waals surface area contributed by atoms with Gasteiger partial charge in [0.25, 0.3) is 0 Å².